The Hall–Kier alpha value is -1.63. The molecule has 3 rings (SSSR count). The Morgan fingerprint density at radius 1 is 1.23 bits per heavy atom. The van der Waals surface area contributed by atoms with Crippen molar-refractivity contribution in [2.45, 2.75) is 71.3 Å². The van der Waals surface area contributed by atoms with Crippen molar-refractivity contribution in [1.82, 2.24) is 9.80 Å². The maximum atomic E-state index is 13.1. The molecule has 1 aromatic rings. The molecule has 2 fully saturated rings. The molecule has 1 spiro atoms. The van der Waals surface area contributed by atoms with E-state index in [1.165, 1.54) is 0 Å². The van der Waals surface area contributed by atoms with Crippen LogP contribution in [0, 0.1) is 6.92 Å². The number of amides is 1. The molecule has 0 bridgehead atoms. The van der Waals surface area contributed by atoms with Crippen LogP contribution in [-0.4, -0.2) is 79.5 Å². The van der Waals surface area contributed by atoms with Crippen LogP contribution in [0.3, 0.4) is 0 Å². The quantitative estimate of drug-likeness (QED) is 0.708. The molecule has 2 aliphatic rings. The zero-order valence-electron chi connectivity index (χ0n) is 19.4. The molecular formula is C24H38N2O4. The predicted molar refractivity (Wildman–Crippen MR) is 118 cm³/mol. The summed E-state index contributed by atoms with van der Waals surface area (Å²) in [5.74, 6) is 0.932. The summed E-state index contributed by atoms with van der Waals surface area (Å²) in [5, 5.41) is 0. The summed E-state index contributed by atoms with van der Waals surface area (Å²) in [7, 11) is 1.73. The molecule has 1 amide bonds. The van der Waals surface area contributed by atoms with Gasteiger partial charge in [-0.2, -0.15) is 0 Å². The molecule has 30 heavy (non-hydrogen) atoms. The minimum atomic E-state index is -0.187. The van der Waals surface area contributed by atoms with Crippen LogP contribution in [0.2, 0.25) is 0 Å². The summed E-state index contributed by atoms with van der Waals surface area (Å²) in [6, 6.07) is 6.20. The monoisotopic (exact) mass is 418 g/mol. The zero-order chi connectivity index (χ0) is 21.9. The first-order valence-electron chi connectivity index (χ1n) is 11.2. The minimum absolute atomic E-state index is 0.0875. The zero-order valence-corrected chi connectivity index (χ0v) is 19.4. The van der Waals surface area contributed by atoms with E-state index in [2.05, 4.69) is 18.7 Å². The number of ether oxygens (including phenoxy) is 3. The lowest BCUT2D eigenvalue weighted by atomic mass is 9.87. The summed E-state index contributed by atoms with van der Waals surface area (Å²) < 4.78 is 17.7. The Balaban J connectivity index is 1.65. The van der Waals surface area contributed by atoms with Crippen molar-refractivity contribution < 1.29 is 19.0 Å². The maximum Gasteiger partial charge on any atom is 0.253 e. The van der Waals surface area contributed by atoms with Gasteiger partial charge in [0.15, 0.2) is 0 Å². The third kappa shape index (κ3) is 5.34. The Kier molecular flexibility index (Phi) is 7.43. The van der Waals surface area contributed by atoms with Crippen LogP contribution in [0.15, 0.2) is 18.2 Å². The number of nitrogens with zero attached hydrogens (tertiary/aromatic N) is 2. The number of morpholine rings is 1. The van der Waals surface area contributed by atoms with Crippen molar-refractivity contribution in [3.05, 3.63) is 29.3 Å². The molecule has 0 aromatic heterocycles. The second-order valence-electron chi connectivity index (χ2n) is 9.34. The third-order valence-electron chi connectivity index (χ3n) is 6.18. The molecule has 0 N–H and O–H groups in total. The van der Waals surface area contributed by atoms with Crippen molar-refractivity contribution in [3.63, 3.8) is 0 Å². The van der Waals surface area contributed by atoms with Gasteiger partial charge in [-0.15, -0.1) is 0 Å². The molecule has 6 heteroatoms. The standard InChI is InChI=1S/C24H38N2O4/c1-17(2)26-14-21(15-28-6)30-24(16-26)9-11-25(12-10-24)23(27)20-7-8-22(19(5)13-20)29-18(3)4/h7-8,13,17-18,21H,9-12,14-16H2,1-6H3. The van der Waals surface area contributed by atoms with Gasteiger partial charge in [-0.05, 0) is 71.2 Å². The van der Waals surface area contributed by atoms with Gasteiger partial charge in [0.1, 0.15) is 5.75 Å². The predicted octanol–water partition coefficient (Wildman–Crippen LogP) is 3.51. The number of hydrogen-bond donors (Lipinski definition) is 0. The van der Waals surface area contributed by atoms with E-state index in [0.29, 0.717) is 25.7 Å². The normalized spacial score (nSPS) is 22.1. The van der Waals surface area contributed by atoms with Crippen LogP contribution in [-0.2, 0) is 9.47 Å². The largest absolute Gasteiger partial charge is 0.491 e. The second kappa shape index (κ2) is 9.67. The Morgan fingerprint density at radius 3 is 2.50 bits per heavy atom. The van der Waals surface area contributed by atoms with Crippen molar-refractivity contribution in [1.29, 1.82) is 0 Å². The summed E-state index contributed by atoms with van der Waals surface area (Å²) in [5.41, 5.74) is 1.53. The van der Waals surface area contributed by atoms with Crippen LogP contribution < -0.4 is 4.74 Å². The molecular weight excluding hydrogens is 380 g/mol. The van der Waals surface area contributed by atoms with Gasteiger partial charge in [-0.1, -0.05) is 0 Å². The van der Waals surface area contributed by atoms with E-state index in [-0.39, 0.29) is 23.7 Å². The molecule has 168 valence electrons. The first kappa shape index (κ1) is 23.0. The molecule has 6 nitrogen and oxygen atoms in total. The van der Waals surface area contributed by atoms with E-state index in [4.69, 9.17) is 14.2 Å². The lowest BCUT2D eigenvalue weighted by Gasteiger charge is -2.51. The van der Waals surface area contributed by atoms with E-state index in [1.807, 2.05) is 43.9 Å². The molecule has 1 aromatic carbocycles. The highest BCUT2D eigenvalue weighted by Gasteiger charge is 2.44. The molecule has 0 radical (unpaired) electrons. The molecule has 1 atom stereocenters. The first-order chi connectivity index (χ1) is 14.2. The number of carbonyl (C=O) groups is 1. The van der Waals surface area contributed by atoms with E-state index < -0.39 is 0 Å². The van der Waals surface area contributed by atoms with E-state index in [0.717, 1.165) is 42.8 Å². The number of benzene rings is 1. The summed E-state index contributed by atoms with van der Waals surface area (Å²) in [4.78, 5) is 17.6. The number of likely N-dealkylation sites (tertiary alicyclic amines) is 1. The molecule has 2 aliphatic heterocycles. The number of methoxy groups -OCH3 is 1. The van der Waals surface area contributed by atoms with Gasteiger partial charge in [-0.3, -0.25) is 9.69 Å². The fourth-order valence-electron chi connectivity index (χ4n) is 4.53. The van der Waals surface area contributed by atoms with Crippen LogP contribution in [0.25, 0.3) is 0 Å². The van der Waals surface area contributed by atoms with Gasteiger partial charge in [-0.25, -0.2) is 0 Å². The first-order valence-corrected chi connectivity index (χ1v) is 11.2. The minimum Gasteiger partial charge on any atom is -0.491 e. The van der Waals surface area contributed by atoms with Crippen molar-refractivity contribution >= 4 is 5.91 Å². The topological polar surface area (TPSA) is 51.2 Å². The van der Waals surface area contributed by atoms with Crippen LogP contribution in [0.5, 0.6) is 5.75 Å². The smallest absolute Gasteiger partial charge is 0.253 e. The number of carbonyl (C=O) groups excluding carboxylic acids is 1. The Morgan fingerprint density at radius 2 is 1.93 bits per heavy atom. The third-order valence-corrected chi connectivity index (χ3v) is 6.18. The lowest BCUT2D eigenvalue weighted by molar-refractivity contribution is -0.189. The van der Waals surface area contributed by atoms with Crippen LogP contribution in [0.4, 0.5) is 0 Å². The lowest BCUT2D eigenvalue weighted by Crippen LogP contribution is -2.62. The van der Waals surface area contributed by atoms with E-state index in [9.17, 15) is 4.79 Å². The van der Waals surface area contributed by atoms with Gasteiger partial charge in [0.25, 0.3) is 5.91 Å². The molecule has 0 aliphatic carbocycles. The fraction of sp³-hybridized carbons (Fsp3) is 0.708. The Labute approximate surface area is 181 Å². The number of rotatable bonds is 6. The van der Waals surface area contributed by atoms with Crippen molar-refractivity contribution in [3.8, 4) is 5.75 Å². The maximum absolute atomic E-state index is 13.1. The highest BCUT2D eigenvalue weighted by Crippen LogP contribution is 2.34. The average Bonchev–Trinajstić information content (AvgIpc) is 2.69. The second-order valence-corrected chi connectivity index (χ2v) is 9.34. The molecule has 1 unspecified atom stereocenters. The molecule has 2 heterocycles. The number of hydrogen-bond acceptors (Lipinski definition) is 5. The summed E-state index contributed by atoms with van der Waals surface area (Å²) in [6.07, 6.45) is 1.92. The van der Waals surface area contributed by atoms with E-state index >= 15 is 0 Å². The molecule has 0 saturated carbocycles. The average molecular weight is 419 g/mol. The number of piperidine rings is 1. The van der Waals surface area contributed by atoms with Gasteiger partial charge < -0.3 is 19.1 Å². The van der Waals surface area contributed by atoms with Crippen molar-refractivity contribution in [2.75, 3.05) is 39.9 Å². The van der Waals surface area contributed by atoms with Gasteiger partial charge in [0, 0.05) is 44.9 Å². The highest BCUT2D eigenvalue weighted by molar-refractivity contribution is 5.94. The molecule has 2 saturated heterocycles. The van der Waals surface area contributed by atoms with Gasteiger partial charge in [0.2, 0.25) is 0 Å². The number of aryl methyl sites for hydroxylation is 1. The van der Waals surface area contributed by atoms with Crippen LogP contribution in [0.1, 0.15) is 56.5 Å². The van der Waals surface area contributed by atoms with Crippen molar-refractivity contribution in [2.24, 2.45) is 0 Å². The Bertz CT molecular complexity index is 726. The summed E-state index contributed by atoms with van der Waals surface area (Å²) in [6.45, 7) is 14.3. The summed E-state index contributed by atoms with van der Waals surface area (Å²) >= 11 is 0. The highest BCUT2D eigenvalue weighted by atomic mass is 16.5. The van der Waals surface area contributed by atoms with Gasteiger partial charge >= 0.3 is 0 Å². The van der Waals surface area contributed by atoms with Crippen LogP contribution >= 0.6 is 0 Å². The van der Waals surface area contributed by atoms with Gasteiger partial charge in [0.05, 0.1) is 24.4 Å². The fourth-order valence-corrected chi connectivity index (χ4v) is 4.53. The van der Waals surface area contributed by atoms with E-state index in [1.54, 1.807) is 7.11 Å². The SMILES string of the molecule is COCC1CN(C(C)C)CC2(CCN(C(=O)c3ccc(OC(C)C)c(C)c3)CC2)O1.